The first-order valence-electron chi connectivity index (χ1n) is 3.95. The van der Waals surface area contributed by atoms with Crippen LogP contribution < -0.4 is 5.32 Å². The van der Waals surface area contributed by atoms with E-state index in [2.05, 4.69) is 5.32 Å². The van der Waals surface area contributed by atoms with E-state index in [0.717, 1.165) is 0 Å². The van der Waals surface area contributed by atoms with Gasteiger partial charge < -0.3 is 10.4 Å². The maximum Gasteiger partial charge on any atom is 0.325 e. The first-order chi connectivity index (χ1) is 6.50. The predicted octanol–water partition coefficient (Wildman–Crippen LogP) is 2.36. The quantitative estimate of drug-likeness (QED) is 0.817. The number of benzene rings is 1. The standard InChI is InChI=1S/C9H9ClFNO2/c1-5(9(13)14)12-6-2-3-8(11)7(10)4-6/h2-5,12H,1H3,(H,13,14). The maximum absolute atomic E-state index is 12.7. The normalized spacial score (nSPS) is 12.2. The molecule has 0 aliphatic rings. The third-order valence-electron chi connectivity index (χ3n) is 1.67. The SMILES string of the molecule is CC(Nc1ccc(F)c(Cl)c1)C(=O)O. The highest BCUT2D eigenvalue weighted by molar-refractivity contribution is 6.31. The van der Waals surface area contributed by atoms with Crippen LogP contribution in [-0.4, -0.2) is 17.1 Å². The summed E-state index contributed by atoms with van der Waals surface area (Å²) in [6.07, 6.45) is 0. The average molecular weight is 218 g/mol. The van der Waals surface area contributed by atoms with Gasteiger partial charge in [0.25, 0.3) is 0 Å². The van der Waals surface area contributed by atoms with Crippen LogP contribution in [0.15, 0.2) is 18.2 Å². The second-order valence-corrected chi connectivity index (χ2v) is 3.24. The molecule has 1 aromatic rings. The van der Waals surface area contributed by atoms with Gasteiger partial charge in [-0.1, -0.05) is 11.6 Å². The van der Waals surface area contributed by atoms with Gasteiger partial charge in [-0.05, 0) is 25.1 Å². The zero-order valence-electron chi connectivity index (χ0n) is 7.42. The number of carbonyl (C=O) groups is 1. The molecule has 0 aliphatic heterocycles. The number of rotatable bonds is 3. The molecule has 1 rings (SSSR count). The number of aliphatic carboxylic acids is 1. The van der Waals surface area contributed by atoms with E-state index in [0.29, 0.717) is 5.69 Å². The van der Waals surface area contributed by atoms with Gasteiger partial charge in [0, 0.05) is 5.69 Å². The maximum atomic E-state index is 12.7. The van der Waals surface area contributed by atoms with Crippen molar-refractivity contribution in [3.63, 3.8) is 0 Å². The average Bonchev–Trinajstić information content (AvgIpc) is 2.11. The first kappa shape index (κ1) is 10.8. The first-order valence-corrected chi connectivity index (χ1v) is 4.33. The Hall–Kier alpha value is -1.29. The lowest BCUT2D eigenvalue weighted by Crippen LogP contribution is -2.25. The molecule has 3 nitrogen and oxygen atoms in total. The summed E-state index contributed by atoms with van der Waals surface area (Å²) in [7, 11) is 0. The van der Waals surface area contributed by atoms with Gasteiger partial charge in [-0.2, -0.15) is 0 Å². The van der Waals surface area contributed by atoms with E-state index in [1.807, 2.05) is 0 Å². The van der Waals surface area contributed by atoms with Crippen LogP contribution in [0.2, 0.25) is 5.02 Å². The molecule has 0 saturated heterocycles. The Bertz CT molecular complexity index is 357. The summed E-state index contributed by atoms with van der Waals surface area (Å²) in [5.41, 5.74) is 0.478. The molecular weight excluding hydrogens is 209 g/mol. The van der Waals surface area contributed by atoms with Crippen molar-refractivity contribution >= 4 is 23.3 Å². The number of hydrogen-bond acceptors (Lipinski definition) is 2. The van der Waals surface area contributed by atoms with E-state index in [1.54, 1.807) is 0 Å². The van der Waals surface area contributed by atoms with Crippen molar-refractivity contribution in [3.05, 3.63) is 29.0 Å². The van der Waals surface area contributed by atoms with Crippen LogP contribution in [0.3, 0.4) is 0 Å². The van der Waals surface area contributed by atoms with E-state index >= 15 is 0 Å². The van der Waals surface area contributed by atoms with Crippen molar-refractivity contribution in [2.24, 2.45) is 0 Å². The molecular formula is C9H9ClFNO2. The summed E-state index contributed by atoms with van der Waals surface area (Å²) < 4.78 is 12.7. The Morgan fingerprint density at radius 3 is 2.79 bits per heavy atom. The van der Waals surface area contributed by atoms with Gasteiger partial charge in [-0.3, -0.25) is 4.79 Å². The van der Waals surface area contributed by atoms with E-state index in [-0.39, 0.29) is 5.02 Å². The number of carboxylic acids is 1. The Morgan fingerprint density at radius 2 is 2.29 bits per heavy atom. The number of carboxylic acid groups (broad SMARTS) is 1. The second-order valence-electron chi connectivity index (χ2n) is 2.83. The molecule has 1 aromatic carbocycles. The monoisotopic (exact) mass is 217 g/mol. The van der Waals surface area contributed by atoms with Crippen molar-refractivity contribution in [3.8, 4) is 0 Å². The predicted molar refractivity (Wildman–Crippen MR) is 52.1 cm³/mol. The van der Waals surface area contributed by atoms with E-state index in [1.165, 1.54) is 25.1 Å². The van der Waals surface area contributed by atoms with Crippen molar-refractivity contribution in [2.45, 2.75) is 13.0 Å². The molecule has 0 spiro atoms. The number of halogens is 2. The lowest BCUT2D eigenvalue weighted by atomic mass is 10.2. The number of hydrogen-bond donors (Lipinski definition) is 2. The van der Waals surface area contributed by atoms with E-state index in [4.69, 9.17) is 16.7 Å². The lowest BCUT2D eigenvalue weighted by molar-refractivity contribution is -0.137. The van der Waals surface area contributed by atoms with E-state index < -0.39 is 17.8 Å². The largest absolute Gasteiger partial charge is 0.480 e. The van der Waals surface area contributed by atoms with Crippen molar-refractivity contribution in [1.82, 2.24) is 0 Å². The van der Waals surface area contributed by atoms with Gasteiger partial charge in [0.2, 0.25) is 0 Å². The van der Waals surface area contributed by atoms with Gasteiger partial charge in [-0.25, -0.2) is 4.39 Å². The molecule has 0 aromatic heterocycles. The molecule has 0 amide bonds. The van der Waals surface area contributed by atoms with E-state index in [9.17, 15) is 9.18 Å². The highest BCUT2D eigenvalue weighted by Gasteiger charge is 2.10. The minimum atomic E-state index is -0.981. The molecule has 14 heavy (non-hydrogen) atoms. The minimum absolute atomic E-state index is 0.0346. The third kappa shape index (κ3) is 2.60. The minimum Gasteiger partial charge on any atom is -0.480 e. The fraction of sp³-hybridized carbons (Fsp3) is 0.222. The lowest BCUT2D eigenvalue weighted by Gasteiger charge is -2.10. The van der Waals surface area contributed by atoms with Crippen molar-refractivity contribution in [1.29, 1.82) is 0 Å². The van der Waals surface area contributed by atoms with Gasteiger partial charge in [-0.15, -0.1) is 0 Å². The highest BCUT2D eigenvalue weighted by Crippen LogP contribution is 2.19. The molecule has 0 saturated carbocycles. The third-order valence-corrected chi connectivity index (χ3v) is 1.96. The summed E-state index contributed by atoms with van der Waals surface area (Å²) in [5.74, 6) is -1.51. The summed E-state index contributed by atoms with van der Waals surface area (Å²) >= 11 is 5.51. The smallest absolute Gasteiger partial charge is 0.325 e. The highest BCUT2D eigenvalue weighted by atomic mass is 35.5. The zero-order chi connectivity index (χ0) is 10.7. The summed E-state index contributed by atoms with van der Waals surface area (Å²) in [5, 5.41) is 11.2. The Morgan fingerprint density at radius 1 is 1.64 bits per heavy atom. The van der Waals surface area contributed by atoms with Crippen molar-refractivity contribution in [2.75, 3.05) is 5.32 Å². The molecule has 0 bridgehead atoms. The zero-order valence-corrected chi connectivity index (χ0v) is 8.18. The van der Waals surface area contributed by atoms with Crippen LogP contribution in [0.1, 0.15) is 6.92 Å². The Balaban J connectivity index is 2.78. The van der Waals surface area contributed by atoms with Gasteiger partial charge in [0.15, 0.2) is 0 Å². The molecule has 2 N–H and O–H groups in total. The Kier molecular flexibility index (Phi) is 3.30. The topological polar surface area (TPSA) is 49.3 Å². The van der Waals surface area contributed by atoms with Crippen molar-refractivity contribution < 1.29 is 14.3 Å². The number of anilines is 1. The van der Waals surface area contributed by atoms with Gasteiger partial charge in [0.05, 0.1) is 5.02 Å². The molecule has 76 valence electrons. The van der Waals surface area contributed by atoms with Gasteiger partial charge in [0.1, 0.15) is 11.9 Å². The van der Waals surface area contributed by atoms with Crippen LogP contribution in [0.25, 0.3) is 0 Å². The van der Waals surface area contributed by atoms with Gasteiger partial charge >= 0.3 is 5.97 Å². The van der Waals surface area contributed by atoms with Crippen LogP contribution in [0.4, 0.5) is 10.1 Å². The van der Waals surface area contributed by atoms with Crippen LogP contribution in [0.5, 0.6) is 0 Å². The summed E-state index contributed by atoms with van der Waals surface area (Å²) in [6, 6.07) is 3.22. The second kappa shape index (κ2) is 4.28. The summed E-state index contributed by atoms with van der Waals surface area (Å²) in [6.45, 7) is 1.49. The van der Waals surface area contributed by atoms with Crippen LogP contribution in [0, 0.1) is 5.82 Å². The van der Waals surface area contributed by atoms with Crippen LogP contribution >= 0.6 is 11.6 Å². The molecule has 1 unspecified atom stereocenters. The fourth-order valence-electron chi connectivity index (χ4n) is 0.898. The molecule has 1 atom stereocenters. The van der Waals surface area contributed by atoms with Crippen LogP contribution in [-0.2, 0) is 4.79 Å². The number of nitrogens with one attached hydrogen (secondary N) is 1. The molecule has 5 heteroatoms. The molecule has 0 radical (unpaired) electrons. The Labute approximate surface area is 85.5 Å². The summed E-state index contributed by atoms with van der Waals surface area (Å²) in [4.78, 5) is 10.5. The molecule has 0 aliphatic carbocycles. The molecule has 0 heterocycles. The fourth-order valence-corrected chi connectivity index (χ4v) is 1.08. The molecule has 0 fully saturated rings.